The number of nitrogens with one attached hydrogen (secondary N) is 1. The van der Waals surface area contributed by atoms with Crippen LogP contribution in [0.5, 0.6) is 5.75 Å². The molecule has 0 aliphatic carbocycles. The summed E-state index contributed by atoms with van der Waals surface area (Å²) >= 11 is 0. The summed E-state index contributed by atoms with van der Waals surface area (Å²) in [6.07, 6.45) is -3.37. The molecule has 0 atom stereocenters. The number of para-hydroxylation sites is 1. The number of carbonyl (C=O) groups excluding carboxylic acids is 1. The van der Waals surface area contributed by atoms with Gasteiger partial charge in [0.1, 0.15) is 12.3 Å². The van der Waals surface area contributed by atoms with Crippen LogP contribution in [0, 0.1) is 0 Å². The van der Waals surface area contributed by atoms with E-state index in [0.29, 0.717) is 26.6 Å². The second-order valence-corrected chi connectivity index (χ2v) is 6.49. The maximum Gasteiger partial charge on any atom is 0.406 e. The molecule has 0 radical (unpaired) electrons. The highest BCUT2D eigenvalue weighted by Crippen LogP contribution is 2.33. The molecule has 6 nitrogen and oxygen atoms in total. The first-order valence-electron chi connectivity index (χ1n) is 8.59. The van der Waals surface area contributed by atoms with Crippen molar-refractivity contribution in [2.45, 2.75) is 19.6 Å². The Morgan fingerprint density at radius 2 is 1.93 bits per heavy atom. The van der Waals surface area contributed by atoms with Gasteiger partial charge in [-0.2, -0.15) is 18.3 Å². The van der Waals surface area contributed by atoms with E-state index in [0.717, 1.165) is 0 Å². The number of nitrogens with zero attached hydrogens (tertiary/aromatic N) is 2. The molecule has 2 aromatic heterocycles. The first kappa shape index (κ1) is 18.7. The quantitative estimate of drug-likeness (QED) is 0.415. The molecule has 0 fully saturated rings. The lowest BCUT2D eigenvalue weighted by Crippen LogP contribution is -2.28. The molecule has 0 unspecified atom stereocenters. The third-order valence-corrected chi connectivity index (χ3v) is 4.46. The Morgan fingerprint density at radius 3 is 2.66 bits per heavy atom. The summed E-state index contributed by atoms with van der Waals surface area (Å²) in [4.78, 5) is 24.1. The molecule has 0 aliphatic heterocycles. The fourth-order valence-corrected chi connectivity index (χ4v) is 3.33. The molecule has 148 valence electrons. The number of carbonyl (C=O) groups is 1. The molecule has 0 saturated carbocycles. The van der Waals surface area contributed by atoms with E-state index in [-0.39, 0.29) is 16.7 Å². The van der Waals surface area contributed by atoms with Crippen molar-refractivity contribution >= 4 is 27.8 Å². The van der Waals surface area contributed by atoms with Gasteiger partial charge >= 0.3 is 12.1 Å². The van der Waals surface area contributed by atoms with Gasteiger partial charge in [0.15, 0.2) is 0 Å². The molecule has 0 bridgehead atoms. The third-order valence-electron chi connectivity index (χ3n) is 4.46. The average Bonchev–Trinajstić information content (AvgIpc) is 3.14. The number of hydrogen-bond acceptors (Lipinski definition) is 4. The summed E-state index contributed by atoms with van der Waals surface area (Å²) in [5.74, 6) is -0.252. The van der Waals surface area contributed by atoms with Crippen molar-refractivity contribution in [3.63, 3.8) is 0 Å². The van der Waals surface area contributed by atoms with E-state index in [1.165, 1.54) is 19.2 Å². The Kier molecular flexibility index (Phi) is 4.37. The van der Waals surface area contributed by atoms with Crippen molar-refractivity contribution in [2.75, 3.05) is 0 Å². The van der Waals surface area contributed by atoms with Crippen LogP contribution in [0.25, 0.3) is 32.9 Å². The van der Waals surface area contributed by atoms with Crippen molar-refractivity contribution in [1.82, 2.24) is 14.8 Å². The number of ether oxygens (including phenoxy) is 1. The monoisotopic (exact) mass is 401 g/mol. The highest BCUT2D eigenvalue weighted by molar-refractivity contribution is 6.04. The largest absolute Gasteiger partial charge is 0.426 e. The minimum atomic E-state index is -4.58. The fraction of sp³-hybridized carbons (Fsp3) is 0.150. The minimum absolute atomic E-state index is 0.0785. The number of esters is 1. The molecule has 2 heterocycles. The van der Waals surface area contributed by atoms with E-state index < -0.39 is 24.2 Å². The normalized spacial score (nSPS) is 11.9. The van der Waals surface area contributed by atoms with Crippen molar-refractivity contribution in [3.8, 4) is 16.9 Å². The standard InChI is InChI=1S/C20H14F3N3O3/c1-11(27)29-17-5-3-2-4-13(17)12-6-7-14-16(8-12)26(10-20(21,22)23)19(28)15-9-24-25-18(14)15/h2-9H,10H2,1H3,(H,24,25). The van der Waals surface area contributed by atoms with Gasteiger partial charge in [-0.15, -0.1) is 0 Å². The van der Waals surface area contributed by atoms with Gasteiger partial charge < -0.3 is 4.74 Å². The molecule has 0 aliphatic rings. The number of fused-ring (bicyclic) bond motifs is 3. The highest BCUT2D eigenvalue weighted by atomic mass is 19.4. The Hall–Kier alpha value is -3.62. The first-order chi connectivity index (χ1) is 13.7. The number of hydrogen-bond donors (Lipinski definition) is 1. The van der Waals surface area contributed by atoms with Crippen LogP contribution >= 0.6 is 0 Å². The molecule has 0 amide bonds. The second-order valence-electron chi connectivity index (χ2n) is 6.49. The van der Waals surface area contributed by atoms with Crippen molar-refractivity contribution < 1.29 is 22.7 Å². The zero-order chi connectivity index (χ0) is 20.8. The fourth-order valence-electron chi connectivity index (χ4n) is 3.33. The molecule has 0 spiro atoms. The number of aromatic nitrogens is 3. The van der Waals surface area contributed by atoms with Crippen LogP contribution in [0.15, 0.2) is 53.5 Å². The van der Waals surface area contributed by atoms with E-state index in [9.17, 15) is 22.8 Å². The maximum atomic E-state index is 13.2. The van der Waals surface area contributed by atoms with E-state index in [2.05, 4.69) is 10.2 Å². The van der Waals surface area contributed by atoms with E-state index in [1.54, 1.807) is 36.4 Å². The molecule has 4 rings (SSSR count). The van der Waals surface area contributed by atoms with Gasteiger partial charge in [0.2, 0.25) is 0 Å². The summed E-state index contributed by atoms with van der Waals surface area (Å²) in [6, 6.07) is 11.4. The molecular formula is C20H14F3N3O3. The van der Waals surface area contributed by atoms with Crippen LogP contribution in [0.1, 0.15) is 6.92 Å². The number of alkyl halides is 3. The lowest BCUT2D eigenvalue weighted by atomic mass is 10.0. The molecule has 2 aromatic carbocycles. The maximum absolute atomic E-state index is 13.2. The third kappa shape index (κ3) is 3.46. The van der Waals surface area contributed by atoms with Gasteiger partial charge in [-0.05, 0) is 17.7 Å². The number of benzene rings is 2. The van der Waals surface area contributed by atoms with Crippen LogP contribution in [0.3, 0.4) is 0 Å². The van der Waals surface area contributed by atoms with Crippen molar-refractivity contribution in [2.24, 2.45) is 0 Å². The lowest BCUT2D eigenvalue weighted by Gasteiger charge is -2.15. The topological polar surface area (TPSA) is 77.0 Å². The Balaban J connectivity index is 2.01. The Labute approximate surface area is 161 Å². The SMILES string of the molecule is CC(=O)Oc1ccccc1-c1ccc2c3[nH]ncc3c(=O)n(CC(F)(F)F)c2c1. The Morgan fingerprint density at radius 1 is 1.17 bits per heavy atom. The summed E-state index contributed by atoms with van der Waals surface area (Å²) in [7, 11) is 0. The predicted octanol–water partition coefficient (Wildman–Crippen LogP) is 4.03. The van der Waals surface area contributed by atoms with Gasteiger partial charge in [-0.1, -0.05) is 30.3 Å². The van der Waals surface area contributed by atoms with Crippen molar-refractivity contribution in [3.05, 3.63) is 59.0 Å². The van der Waals surface area contributed by atoms with E-state index >= 15 is 0 Å². The van der Waals surface area contributed by atoms with Crippen molar-refractivity contribution in [1.29, 1.82) is 0 Å². The smallest absolute Gasteiger partial charge is 0.406 e. The minimum Gasteiger partial charge on any atom is -0.426 e. The van der Waals surface area contributed by atoms with Crippen LogP contribution in [-0.4, -0.2) is 26.9 Å². The van der Waals surface area contributed by atoms with Gasteiger partial charge in [-0.25, -0.2) is 0 Å². The predicted molar refractivity (Wildman–Crippen MR) is 101 cm³/mol. The molecule has 9 heteroatoms. The van der Waals surface area contributed by atoms with E-state index in [1.807, 2.05) is 0 Å². The van der Waals surface area contributed by atoms with Gasteiger partial charge in [0, 0.05) is 17.9 Å². The molecular weight excluding hydrogens is 387 g/mol. The Bertz CT molecular complexity index is 1310. The number of pyridine rings is 1. The first-order valence-corrected chi connectivity index (χ1v) is 8.59. The van der Waals surface area contributed by atoms with Crippen LogP contribution in [-0.2, 0) is 11.3 Å². The summed E-state index contributed by atoms with van der Waals surface area (Å²) in [5, 5.41) is 6.98. The number of H-pyrrole nitrogens is 1. The molecule has 29 heavy (non-hydrogen) atoms. The molecule has 4 aromatic rings. The summed E-state index contributed by atoms with van der Waals surface area (Å²) in [5.41, 5.74) is 0.690. The number of rotatable bonds is 3. The zero-order valence-corrected chi connectivity index (χ0v) is 15.1. The summed E-state index contributed by atoms with van der Waals surface area (Å²) in [6.45, 7) is -0.175. The summed E-state index contributed by atoms with van der Waals surface area (Å²) < 4.78 is 45.4. The van der Waals surface area contributed by atoms with E-state index in [4.69, 9.17) is 4.74 Å². The lowest BCUT2D eigenvalue weighted by molar-refractivity contribution is -0.140. The van der Waals surface area contributed by atoms with Gasteiger partial charge in [0.05, 0.1) is 22.6 Å². The number of aromatic amines is 1. The zero-order valence-electron chi connectivity index (χ0n) is 15.1. The second kappa shape index (κ2) is 6.77. The van der Waals surface area contributed by atoms with Crippen LogP contribution < -0.4 is 10.3 Å². The van der Waals surface area contributed by atoms with Gasteiger partial charge in [-0.3, -0.25) is 19.3 Å². The average molecular weight is 401 g/mol. The molecule has 0 saturated heterocycles. The van der Waals surface area contributed by atoms with Crippen LogP contribution in [0.4, 0.5) is 13.2 Å². The van der Waals surface area contributed by atoms with Gasteiger partial charge in [0.25, 0.3) is 5.56 Å². The van der Waals surface area contributed by atoms with Crippen LogP contribution in [0.2, 0.25) is 0 Å². The number of halogens is 3. The highest BCUT2D eigenvalue weighted by Gasteiger charge is 2.30. The molecule has 1 N–H and O–H groups in total.